The molecule has 8 heteroatoms. The molecule has 1 aromatic carbocycles. The predicted octanol–water partition coefficient (Wildman–Crippen LogP) is 1.39. The Kier molecular flexibility index (Phi) is 8.87. The van der Waals surface area contributed by atoms with E-state index >= 15 is 0 Å². The average Bonchev–Trinajstić information content (AvgIpc) is 2.63. The first-order chi connectivity index (χ1) is 12.3. The zero-order valence-corrected chi connectivity index (χ0v) is 15.8. The Morgan fingerprint density at radius 1 is 1.04 bits per heavy atom. The van der Waals surface area contributed by atoms with E-state index in [2.05, 4.69) is 29.7 Å². The summed E-state index contributed by atoms with van der Waals surface area (Å²) >= 11 is 0. The molecule has 8 nitrogen and oxygen atoms in total. The summed E-state index contributed by atoms with van der Waals surface area (Å²) < 4.78 is 10.7. The number of carboxylic acids is 2. The van der Waals surface area contributed by atoms with Gasteiger partial charge in [-0.05, 0) is 19.9 Å². The van der Waals surface area contributed by atoms with Crippen molar-refractivity contribution in [1.82, 2.24) is 9.80 Å². The zero-order chi connectivity index (χ0) is 19.7. The molecule has 0 unspecified atom stereocenters. The zero-order valence-electron chi connectivity index (χ0n) is 15.8. The van der Waals surface area contributed by atoms with E-state index in [1.165, 1.54) is 5.56 Å². The van der Waals surface area contributed by atoms with Crippen molar-refractivity contribution in [3.8, 4) is 11.5 Å². The largest absolute Gasteiger partial charge is 0.497 e. The molecule has 0 atom stereocenters. The average molecular weight is 368 g/mol. The Bertz CT molecular complexity index is 585. The Labute approximate surface area is 153 Å². The quantitative estimate of drug-likeness (QED) is 0.752. The van der Waals surface area contributed by atoms with Gasteiger partial charge in [-0.25, -0.2) is 9.59 Å². The van der Waals surface area contributed by atoms with Crippen LogP contribution in [0.3, 0.4) is 0 Å². The number of ether oxygens (including phenoxy) is 2. The number of hydrogen-bond acceptors (Lipinski definition) is 6. The van der Waals surface area contributed by atoms with E-state index in [1.807, 2.05) is 12.1 Å². The first-order valence-corrected chi connectivity index (χ1v) is 8.42. The summed E-state index contributed by atoms with van der Waals surface area (Å²) in [6.07, 6.45) is 0. The van der Waals surface area contributed by atoms with Crippen molar-refractivity contribution in [1.29, 1.82) is 0 Å². The second-order valence-corrected chi connectivity index (χ2v) is 6.19. The van der Waals surface area contributed by atoms with Crippen LogP contribution in [0, 0.1) is 0 Å². The normalized spacial score (nSPS) is 15.1. The predicted molar refractivity (Wildman–Crippen MR) is 96.8 cm³/mol. The SMILES string of the molecule is COc1ccc(CN2CCN(C(C)C)CC2)c(OC)c1.O=C(O)C(=O)O. The Balaban J connectivity index is 0.000000487. The van der Waals surface area contributed by atoms with E-state index in [1.54, 1.807) is 14.2 Å². The highest BCUT2D eigenvalue weighted by Gasteiger charge is 2.19. The van der Waals surface area contributed by atoms with Gasteiger partial charge < -0.3 is 19.7 Å². The molecule has 1 aliphatic rings. The van der Waals surface area contributed by atoms with Crippen LogP contribution in [0.1, 0.15) is 19.4 Å². The third kappa shape index (κ3) is 6.89. The highest BCUT2D eigenvalue weighted by atomic mass is 16.5. The second-order valence-electron chi connectivity index (χ2n) is 6.19. The van der Waals surface area contributed by atoms with E-state index in [4.69, 9.17) is 29.3 Å². The molecule has 1 fully saturated rings. The molecular formula is C18H28N2O6. The van der Waals surface area contributed by atoms with Gasteiger partial charge in [-0.2, -0.15) is 0 Å². The number of rotatable bonds is 5. The summed E-state index contributed by atoms with van der Waals surface area (Å²) in [6.45, 7) is 10.0. The van der Waals surface area contributed by atoms with Gasteiger partial charge in [0.1, 0.15) is 11.5 Å². The standard InChI is InChI=1S/C16H26N2O2.C2H2O4/c1-13(2)18-9-7-17(8-10-18)12-14-5-6-15(19-3)11-16(14)20-4;3-1(4)2(5)6/h5-6,11,13H,7-10,12H2,1-4H3;(H,3,4)(H,5,6). The van der Waals surface area contributed by atoms with Gasteiger partial charge in [-0.1, -0.05) is 6.07 Å². The highest BCUT2D eigenvalue weighted by molar-refractivity contribution is 6.27. The maximum atomic E-state index is 9.10. The van der Waals surface area contributed by atoms with Crippen LogP contribution in [-0.4, -0.2) is 78.4 Å². The molecule has 0 amide bonds. The van der Waals surface area contributed by atoms with Crippen LogP contribution in [0.15, 0.2) is 18.2 Å². The van der Waals surface area contributed by atoms with Crippen molar-refractivity contribution in [2.75, 3.05) is 40.4 Å². The molecule has 1 aliphatic heterocycles. The molecule has 26 heavy (non-hydrogen) atoms. The van der Waals surface area contributed by atoms with Crippen molar-refractivity contribution >= 4 is 11.9 Å². The molecule has 0 saturated carbocycles. The number of piperazine rings is 1. The fraction of sp³-hybridized carbons (Fsp3) is 0.556. The van der Waals surface area contributed by atoms with E-state index < -0.39 is 11.9 Å². The summed E-state index contributed by atoms with van der Waals surface area (Å²) in [7, 11) is 3.40. The molecule has 0 aromatic heterocycles. The fourth-order valence-electron chi connectivity index (χ4n) is 2.66. The Hall–Kier alpha value is -2.32. The van der Waals surface area contributed by atoms with Crippen LogP contribution < -0.4 is 9.47 Å². The summed E-state index contributed by atoms with van der Waals surface area (Å²) in [5, 5.41) is 14.8. The topological polar surface area (TPSA) is 99.5 Å². The molecule has 0 spiro atoms. The molecule has 2 N–H and O–H groups in total. The van der Waals surface area contributed by atoms with Gasteiger partial charge in [0.2, 0.25) is 0 Å². The third-order valence-electron chi connectivity index (χ3n) is 4.21. The molecule has 0 bridgehead atoms. The van der Waals surface area contributed by atoms with E-state index in [-0.39, 0.29) is 0 Å². The van der Waals surface area contributed by atoms with Crippen molar-refractivity contribution < 1.29 is 29.3 Å². The maximum Gasteiger partial charge on any atom is 0.414 e. The molecule has 1 saturated heterocycles. The number of methoxy groups -OCH3 is 2. The number of aliphatic carboxylic acids is 2. The van der Waals surface area contributed by atoms with Crippen molar-refractivity contribution in [2.45, 2.75) is 26.4 Å². The van der Waals surface area contributed by atoms with Gasteiger partial charge in [0.25, 0.3) is 0 Å². The van der Waals surface area contributed by atoms with Crippen LogP contribution in [-0.2, 0) is 16.1 Å². The summed E-state index contributed by atoms with van der Waals surface area (Å²) in [5.41, 5.74) is 1.23. The number of carbonyl (C=O) groups is 2. The first kappa shape index (κ1) is 21.7. The van der Waals surface area contributed by atoms with Crippen LogP contribution in [0.4, 0.5) is 0 Å². The Morgan fingerprint density at radius 2 is 1.62 bits per heavy atom. The lowest BCUT2D eigenvalue weighted by Crippen LogP contribution is -2.48. The first-order valence-electron chi connectivity index (χ1n) is 8.42. The van der Waals surface area contributed by atoms with Gasteiger partial charge in [-0.3, -0.25) is 9.80 Å². The maximum absolute atomic E-state index is 9.10. The summed E-state index contributed by atoms with van der Waals surface area (Å²) in [5.74, 6) is -1.89. The fourth-order valence-corrected chi connectivity index (χ4v) is 2.66. The van der Waals surface area contributed by atoms with Gasteiger partial charge in [0.15, 0.2) is 0 Å². The van der Waals surface area contributed by atoms with Crippen LogP contribution in [0.2, 0.25) is 0 Å². The monoisotopic (exact) mass is 368 g/mol. The lowest BCUT2D eigenvalue weighted by Gasteiger charge is -2.37. The minimum Gasteiger partial charge on any atom is -0.497 e. The summed E-state index contributed by atoms with van der Waals surface area (Å²) in [6, 6.07) is 6.71. The Morgan fingerprint density at radius 3 is 2.04 bits per heavy atom. The van der Waals surface area contributed by atoms with Crippen LogP contribution in [0.5, 0.6) is 11.5 Å². The van der Waals surface area contributed by atoms with Gasteiger partial charge in [0.05, 0.1) is 14.2 Å². The van der Waals surface area contributed by atoms with Crippen molar-refractivity contribution in [3.63, 3.8) is 0 Å². The number of nitrogens with zero attached hydrogens (tertiary/aromatic N) is 2. The minimum absolute atomic E-state index is 0.646. The number of benzene rings is 1. The van der Waals surface area contributed by atoms with Gasteiger partial charge in [-0.15, -0.1) is 0 Å². The van der Waals surface area contributed by atoms with E-state index in [0.29, 0.717) is 6.04 Å². The van der Waals surface area contributed by atoms with Crippen molar-refractivity contribution in [3.05, 3.63) is 23.8 Å². The smallest absolute Gasteiger partial charge is 0.414 e. The van der Waals surface area contributed by atoms with Crippen LogP contribution in [0.25, 0.3) is 0 Å². The number of hydrogen-bond donors (Lipinski definition) is 2. The molecular weight excluding hydrogens is 340 g/mol. The van der Waals surface area contributed by atoms with Gasteiger partial charge in [0, 0.05) is 50.4 Å². The minimum atomic E-state index is -1.82. The highest BCUT2D eigenvalue weighted by Crippen LogP contribution is 2.26. The lowest BCUT2D eigenvalue weighted by atomic mass is 10.1. The molecule has 1 heterocycles. The summed E-state index contributed by atoms with van der Waals surface area (Å²) in [4.78, 5) is 23.2. The molecule has 2 rings (SSSR count). The molecule has 0 aliphatic carbocycles. The van der Waals surface area contributed by atoms with Crippen LogP contribution >= 0.6 is 0 Å². The molecule has 146 valence electrons. The lowest BCUT2D eigenvalue weighted by molar-refractivity contribution is -0.159. The third-order valence-corrected chi connectivity index (χ3v) is 4.21. The van der Waals surface area contributed by atoms with Crippen molar-refractivity contribution in [2.24, 2.45) is 0 Å². The van der Waals surface area contributed by atoms with E-state index in [0.717, 1.165) is 44.2 Å². The van der Waals surface area contributed by atoms with Gasteiger partial charge >= 0.3 is 11.9 Å². The van der Waals surface area contributed by atoms with E-state index in [9.17, 15) is 0 Å². The second kappa shape index (κ2) is 10.6. The molecule has 1 aromatic rings. The molecule has 0 radical (unpaired) electrons. The number of carboxylic acid groups (broad SMARTS) is 2.